The van der Waals surface area contributed by atoms with E-state index in [-0.39, 0.29) is 12.5 Å². The van der Waals surface area contributed by atoms with Crippen molar-refractivity contribution in [3.8, 4) is 11.5 Å². The lowest BCUT2D eigenvalue weighted by Gasteiger charge is -2.11. The molecule has 1 heterocycles. The van der Waals surface area contributed by atoms with Crippen molar-refractivity contribution in [1.82, 2.24) is 5.32 Å². The maximum atomic E-state index is 11.7. The van der Waals surface area contributed by atoms with E-state index >= 15 is 0 Å². The highest BCUT2D eigenvalue weighted by Gasteiger charge is 2.12. The smallest absolute Gasteiger partial charge is 0.263 e. The minimum Gasteiger partial charge on any atom is -0.490 e. The molecular weight excluding hydrogens is 264 g/mol. The standard InChI is InChI=1S/C13H16N2O3S/c1-2-17-10-5-3-4-6-11(10)18-9-12(16)15-13-14-7-8-19-13/h3-6H,2,7-9H2,1H3,(H,14,15,16). The molecule has 0 fully saturated rings. The summed E-state index contributed by atoms with van der Waals surface area (Å²) in [6.07, 6.45) is 0. The Morgan fingerprint density at radius 2 is 2.11 bits per heavy atom. The van der Waals surface area contributed by atoms with Crippen molar-refractivity contribution in [2.75, 3.05) is 25.5 Å². The van der Waals surface area contributed by atoms with Crippen LogP contribution < -0.4 is 14.8 Å². The molecule has 19 heavy (non-hydrogen) atoms. The molecule has 0 saturated carbocycles. The summed E-state index contributed by atoms with van der Waals surface area (Å²) in [5.74, 6) is 1.93. The lowest BCUT2D eigenvalue weighted by molar-refractivity contribution is -0.121. The first-order valence-electron chi connectivity index (χ1n) is 6.11. The van der Waals surface area contributed by atoms with Gasteiger partial charge in [-0.2, -0.15) is 0 Å². The van der Waals surface area contributed by atoms with Crippen LogP contribution in [0.25, 0.3) is 0 Å². The first-order chi connectivity index (χ1) is 9.29. The molecule has 0 atom stereocenters. The monoisotopic (exact) mass is 280 g/mol. The number of thioether (sulfide) groups is 1. The number of nitrogens with one attached hydrogen (secondary N) is 1. The molecule has 0 unspecified atom stereocenters. The molecule has 0 spiro atoms. The summed E-state index contributed by atoms with van der Waals surface area (Å²) >= 11 is 1.54. The quantitative estimate of drug-likeness (QED) is 0.891. The van der Waals surface area contributed by atoms with Gasteiger partial charge in [-0.1, -0.05) is 23.9 Å². The number of aliphatic imine (C=N–C) groups is 1. The number of carbonyl (C=O) groups excluding carboxylic acids is 1. The Hall–Kier alpha value is -1.69. The normalized spacial score (nSPS) is 13.8. The zero-order valence-electron chi connectivity index (χ0n) is 10.7. The van der Waals surface area contributed by atoms with Crippen molar-refractivity contribution in [3.63, 3.8) is 0 Å². The molecule has 1 aliphatic rings. The Balaban J connectivity index is 1.85. The molecule has 1 aromatic rings. The molecule has 1 aromatic carbocycles. The van der Waals surface area contributed by atoms with Crippen LogP contribution in [0.3, 0.4) is 0 Å². The molecule has 1 N–H and O–H groups in total. The zero-order valence-corrected chi connectivity index (χ0v) is 11.5. The second kappa shape index (κ2) is 7.04. The van der Waals surface area contributed by atoms with E-state index < -0.39 is 0 Å². The fraction of sp³-hybridized carbons (Fsp3) is 0.385. The highest BCUT2D eigenvalue weighted by atomic mass is 32.2. The van der Waals surface area contributed by atoms with Gasteiger partial charge < -0.3 is 14.8 Å². The van der Waals surface area contributed by atoms with E-state index in [0.29, 0.717) is 23.3 Å². The maximum Gasteiger partial charge on any atom is 0.263 e. The number of benzene rings is 1. The third-order valence-corrected chi connectivity index (χ3v) is 3.23. The van der Waals surface area contributed by atoms with Gasteiger partial charge in [-0.15, -0.1) is 0 Å². The lowest BCUT2D eigenvalue weighted by Crippen LogP contribution is -2.32. The van der Waals surface area contributed by atoms with E-state index in [9.17, 15) is 4.79 Å². The van der Waals surface area contributed by atoms with Gasteiger partial charge in [-0.3, -0.25) is 9.79 Å². The minimum absolute atomic E-state index is 0.0519. The average Bonchev–Trinajstić information content (AvgIpc) is 2.91. The van der Waals surface area contributed by atoms with E-state index in [1.54, 1.807) is 17.8 Å². The lowest BCUT2D eigenvalue weighted by atomic mass is 10.3. The summed E-state index contributed by atoms with van der Waals surface area (Å²) in [5.41, 5.74) is 0. The van der Waals surface area contributed by atoms with Crippen LogP contribution in [0.1, 0.15) is 6.92 Å². The van der Waals surface area contributed by atoms with Crippen LogP contribution >= 0.6 is 11.8 Å². The number of amides is 1. The molecule has 0 bridgehead atoms. The van der Waals surface area contributed by atoms with Gasteiger partial charge in [0.25, 0.3) is 5.91 Å². The van der Waals surface area contributed by atoms with Crippen LogP contribution in [0.2, 0.25) is 0 Å². The van der Waals surface area contributed by atoms with Crippen LogP contribution in [0.4, 0.5) is 0 Å². The minimum atomic E-state index is -0.209. The van der Waals surface area contributed by atoms with Crippen molar-refractivity contribution >= 4 is 22.8 Å². The van der Waals surface area contributed by atoms with Crippen molar-refractivity contribution in [1.29, 1.82) is 0 Å². The van der Waals surface area contributed by atoms with Crippen molar-refractivity contribution in [2.24, 2.45) is 4.99 Å². The van der Waals surface area contributed by atoms with Crippen molar-refractivity contribution < 1.29 is 14.3 Å². The molecular formula is C13H16N2O3S. The molecule has 0 radical (unpaired) electrons. The topological polar surface area (TPSA) is 59.9 Å². The van der Waals surface area contributed by atoms with Gasteiger partial charge in [0.1, 0.15) is 0 Å². The van der Waals surface area contributed by atoms with E-state index in [1.807, 2.05) is 25.1 Å². The first kappa shape index (κ1) is 13.7. The molecule has 5 nitrogen and oxygen atoms in total. The second-order valence-corrected chi connectivity index (χ2v) is 4.84. The molecule has 0 aliphatic carbocycles. The highest BCUT2D eigenvalue weighted by Crippen LogP contribution is 2.26. The molecule has 1 amide bonds. The number of hydrogen-bond donors (Lipinski definition) is 1. The number of ether oxygens (including phenoxy) is 2. The van der Waals surface area contributed by atoms with Crippen molar-refractivity contribution in [3.05, 3.63) is 24.3 Å². The Kier molecular flexibility index (Phi) is 5.09. The number of hydrogen-bond acceptors (Lipinski definition) is 5. The zero-order chi connectivity index (χ0) is 13.5. The molecule has 0 aromatic heterocycles. The van der Waals surface area contributed by atoms with Crippen LogP contribution in [0.15, 0.2) is 29.3 Å². The number of nitrogens with zero attached hydrogens (tertiary/aromatic N) is 1. The fourth-order valence-electron chi connectivity index (χ4n) is 1.55. The number of para-hydroxylation sites is 2. The average molecular weight is 280 g/mol. The third-order valence-electron chi connectivity index (χ3n) is 2.34. The molecule has 6 heteroatoms. The van der Waals surface area contributed by atoms with E-state index in [0.717, 1.165) is 12.3 Å². The molecule has 2 rings (SSSR count). The maximum absolute atomic E-state index is 11.7. The predicted octanol–water partition coefficient (Wildman–Crippen LogP) is 1.68. The van der Waals surface area contributed by atoms with Gasteiger partial charge in [-0.05, 0) is 19.1 Å². The molecule has 0 saturated heterocycles. The van der Waals surface area contributed by atoms with Gasteiger partial charge in [0.15, 0.2) is 23.3 Å². The summed E-state index contributed by atoms with van der Waals surface area (Å²) in [5, 5.41) is 3.38. The fourth-order valence-corrected chi connectivity index (χ4v) is 2.30. The van der Waals surface area contributed by atoms with E-state index in [2.05, 4.69) is 10.3 Å². The predicted molar refractivity (Wildman–Crippen MR) is 76.0 cm³/mol. The number of carbonyl (C=O) groups is 1. The molecule has 1 aliphatic heterocycles. The van der Waals surface area contributed by atoms with E-state index in [4.69, 9.17) is 9.47 Å². The Bertz CT molecular complexity index is 477. The Morgan fingerprint density at radius 3 is 2.74 bits per heavy atom. The second-order valence-electron chi connectivity index (χ2n) is 3.75. The van der Waals surface area contributed by atoms with Crippen LogP contribution in [-0.4, -0.2) is 36.6 Å². The van der Waals surface area contributed by atoms with Gasteiger partial charge in [0.2, 0.25) is 0 Å². The van der Waals surface area contributed by atoms with Gasteiger partial charge in [0, 0.05) is 5.75 Å². The van der Waals surface area contributed by atoms with Gasteiger partial charge in [-0.25, -0.2) is 0 Å². The summed E-state index contributed by atoms with van der Waals surface area (Å²) in [4.78, 5) is 15.8. The third kappa shape index (κ3) is 4.17. The molecule has 102 valence electrons. The number of rotatable bonds is 5. The largest absolute Gasteiger partial charge is 0.490 e. The Labute approximate surface area is 116 Å². The first-order valence-corrected chi connectivity index (χ1v) is 7.10. The SMILES string of the molecule is CCOc1ccccc1OCC(=O)NC1=NCCS1. The number of amidine groups is 1. The van der Waals surface area contributed by atoms with Crippen LogP contribution in [0.5, 0.6) is 11.5 Å². The van der Waals surface area contributed by atoms with Crippen LogP contribution in [0, 0.1) is 0 Å². The highest BCUT2D eigenvalue weighted by molar-refractivity contribution is 8.14. The summed E-state index contributed by atoms with van der Waals surface area (Å²) < 4.78 is 10.9. The van der Waals surface area contributed by atoms with Gasteiger partial charge >= 0.3 is 0 Å². The van der Waals surface area contributed by atoms with Gasteiger partial charge in [0.05, 0.1) is 13.2 Å². The van der Waals surface area contributed by atoms with E-state index in [1.165, 1.54) is 0 Å². The van der Waals surface area contributed by atoms with Crippen LogP contribution in [-0.2, 0) is 4.79 Å². The summed E-state index contributed by atoms with van der Waals surface area (Å²) in [6.45, 7) is 3.16. The van der Waals surface area contributed by atoms with Crippen molar-refractivity contribution in [2.45, 2.75) is 6.92 Å². The Morgan fingerprint density at radius 1 is 1.37 bits per heavy atom. The summed E-state index contributed by atoms with van der Waals surface area (Å²) in [6, 6.07) is 7.29. The summed E-state index contributed by atoms with van der Waals surface area (Å²) in [7, 11) is 0.